The van der Waals surface area contributed by atoms with Crippen molar-refractivity contribution >= 4 is 33.4 Å². The average Bonchev–Trinajstić information content (AvgIpc) is 3.13. The number of hydrogen-bond acceptors (Lipinski definition) is 5. The van der Waals surface area contributed by atoms with Gasteiger partial charge >= 0.3 is 0 Å². The van der Waals surface area contributed by atoms with Gasteiger partial charge in [-0.15, -0.1) is 11.3 Å². The summed E-state index contributed by atoms with van der Waals surface area (Å²) < 4.78 is 0.636. The van der Waals surface area contributed by atoms with Crippen LogP contribution < -0.4 is 15.8 Å². The van der Waals surface area contributed by atoms with Crippen LogP contribution in [0.2, 0.25) is 0 Å². The highest BCUT2D eigenvalue weighted by atomic mass is 32.1. The van der Waals surface area contributed by atoms with E-state index in [9.17, 15) is 9.59 Å². The van der Waals surface area contributed by atoms with E-state index < -0.39 is 0 Å². The van der Waals surface area contributed by atoms with Gasteiger partial charge in [-0.3, -0.25) is 14.6 Å². The summed E-state index contributed by atoms with van der Waals surface area (Å²) in [5.41, 5.74) is 3.83. The van der Waals surface area contributed by atoms with E-state index in [1.807, 2.05) is 17.2 Å². The van der Waals surface area contributed by atoms with Crippen LogP contribution in [0.25, 0.3) is 21.3 Å². The number of aryl methyl sites for hydroxylation is 1. The molecule has 1 aliphatic heterocycles. The molecule has 0 unspecified atom stereocenters. The third-order valence-corrected chi connectivity index (χ3v) is 6.19. The number of aromatic nitrogens is 2. The lowest BCUT2D eigenvalue weighted by atomic mass is 9.97. The number of thiophene rings is 1. The normalized spacial score (nSPS) is 17.1. The second-order valence-corrected chi connectivity index (χ2v) is 8.14. The number of amides is 1. The predicted octanol–water partition coefficient (Wildman–Crippen LogP) is 3.31. The molecule has 0 aliphatic carbocycles. The fourth-order valence-corrected chi connectivity index (χ4v) is 4.61. The highest BCUT2D eigenvalue weighted by molar-refractivity contribution is 7.17. The summed E-state index contributed by atoms with van der Waals surface area (Å²) in [6.45, 7) is 5.97. The van der Waals surface area contributed by atoms with Crippen molar-refractivity contribution in [2.45, 2.75) is 26.7 Å². The lowest BCUT2D eigenvalue weighted by Crippen LogP contribution is -2.44. The lowest BCUT2D eigenvalue weighted by Gasteiger charge is -2.32. The molecule has 1 aromatic carbocycles. The minimum atomic E-state index is -0.122. The number of anilines is 1. The summed E-state index contributed by atoms with van der Waals surface area (Å²) in [4.78, 5) is 34.7. The molecule has 28 heavy (non-hydrogen) atoms. The number of H-pyrrole nitrogens is 1. The van der Waals surface area contributed by atoms with Crippen LogP contribution in [0.3, 0.4) is 0 Å². The third-order valence-electron chi connectivity index (χ3n) is 5.22. The number of rotatable bonds is 4. The van der Waals surface area contributed by atoms with Gasteiger partial charge in [0.05, 0.1) is 11.4 Å². The van der Waals surface area contributed by atoms with Gasteiger partial charge in [0.2, 0.25) is 11.9 Å². The molecule has 1 amide bonds. The van der Waals surface area contributed by atoms with Gasteiger partial charge in [0, 0.05) is 30.6 Å². The summed E-state index contributed by atoms with van der Waals surface area (Å²) in [6.07, 6.45) is 1.76. The first-order valence-electron chi connectivity index (χ1n) is 9.68. The quantitative estimate of drug-likeness (QED) is 0.709. The van der Waals surface area contributed by atoms with E-state index in [-0.39, 0.29) is 17.4 Å². The van der Waals surface area contributed by atoms with Crippen LogP contribution in [0.15, 0.2) is 34.4 Å². The second kappa shape index (κ2) is 7.75. The molecule has 146 valence electrons. The van der Waals surface area contributed by atoms with Crippen LogP contribution in [-0.4, -0.2) is 35.5 Å². The number of carbonyl (C=O) groups excluding carboxylic acids is 1. The minimum Gasteiger partial charge on any atom is -0.356 e. The highest BCUT2D eigenvalue weighted by Crippen LogP contribution is 2.32. The Hall–Kier alpha value is -2.67. The van der Waals surface area contributed by atoms with E-state index >= 15 is 0 Å². The fourth-order valence-electron chi connectivity index (χ4n) is 3.71. The van der Waals surface area contributed by atoms with Crippen LogP contribution in [0, 0.1) is 12.8 Å². The Bertz CT molecular complexity index is 1050. The maximum absolute atomic E-state index is 12.7. The van der Waals surface area contributed by atoms with Crippen LogP contribution in [0.4, 0.5) is 5.95 Å². The summed E-state index contributed by atoms with van der Waals surface area (Å²) in [7, 11) is 0. The standard InChI is InChI=1S/C21H24N4O2S/c1-3-22-19(26)15-5-4-10-25(11-15)21-23-17-16(12-28-18(17)20(27)24-21)14-8-6-13(2)7-9-14/h6-9,12,15H,3-5,10-11H2,1-2H3,(H,22,26)(H,23,24,27)/t15-/m0/s1. The molecule has 0 saturated carbocycles. The van der Waals surface area contributed by atoms with E-state index in [2.05, 4.69) is 41.5 Å². The largest absolute Gasteiger partial charge is 0.356 e. The van der Waals surface area contributed by atoms with E-state index in [1.165, 1.54) is 16.9 Å². The van der Waals surface area contributed by atoms with Crippen molar-refractivity contribution in [3.8, 4) is 11.1 Å². The second-order valence-electron chi connectivity index (χ2n) is 7.26. The smallest absolute Gasteiger partial charge is 0.270 e. The molecular formula is C21H24N4O2S. The third kappa shape index (κ3) is 3.54. The molecule has 7 heteroatoms. The highest BCUT2D eigenvalue weighted by Gasteiger charge is 2.27. The van der Waals surface area contributed by atoms with Crippen LogP contribution >= 0.6 is 11.3 Å². The zero-order valence-corrected chi connectivity index (χ0v) is 16.9. The van der Waals surface area contributed by atoms with Crippen molar-refractivity contribution in [2.24, 2.45) is 5.92 Å². The first-order valence-corrected chi connectivity index (χ1v) is 10.6. The zero-order valence-electron chi connectivity index (χ0n) is 16.1. The van der Waals surface area contributed by atoms with Gasteiger partial charge in [0.25, 0.3) is 5.56 Å². The molecule has 0 spiro atoms. The van der Waals surface area contributed by atoms with E-state index in [1.54, 1.807) is 0 Å². The lowest BCUT2D eigenvalue weighted by molar-refractivity contribution is -0.125. The molecule has 6 nitrogen and oxygen atoms in total. The number of hydrogen-bond donors (Lipinski definition) is 2. The molecule has 0 bridgehead atoms. The van der Waals surface area contributed by atoms with Crippen LogP contribution in [0.5, 0.6) is 0 Å². The molecule has 1 fully saturated rings. The van der Waals surface area contributed by atoms with Gasteiger partial charge in [0.1, 0.15) is 4.70 Å². The van der Waals surface area contributed by atoms with Gasteiger partial charge in [-0.1, -0.05) is 29.8 Å². The Balaban J connectivity index is 1.70. The van der Waals surface area contributed by atoms with Gasteiger partial charge < -0.3 is 10.2 Å². The molecule has 3 heterocycles. The van der Waals surface area contributed by atoms with Gasteiger partial charge in [-0.25, -0.2) is 4.98 Å². The van der Waals surface area contributed by atoms with E-state index in [0.29, 0.717) is 23.7 Å². The van der Waals surface area contributed by atoms with Gasteiger partial charge in [-0.2, -0.15) is 0 Å². The fraction of sp³-hybridized carbons (Fsp3) is 0.381. The summed E-state index contributed by atoms with van der Waals surface area (Å²) in [5, 5.41) is 4.90. The molecule has 2 aromatic heterocycles. The molecule has 0 radical (unpaired) electrons. The van der Waals surface area contributed by atoms with Crippen LogP contribution in [-0.2, 0) is 4.79 Å². The summed E-state index contributed by atoms with van der Waals surface area (Å²) in [6, 6.07) is 8.25. The van der Waals surface area contributed by atoms with E-state index in [0.717, 1.165) is 36.0 Å². The van der Waals surface area contributed by atoms with E-state index in [4.69, 9.17) is 4.98 Å². The van der Waals surface area contributed by atoms with Crippen molar-refractivity contribution in [1.82, 2.24) is 15.3 Å². The van der Waals surface area contributed by atoms with Crippen molar-refractivity contribution in [3.05, 3.63) is 45.6 Å². The predicted molar refractivity (Wildman–Crippen MR) is 114 cm³/mol. The van der Waals surface area contributed by atoms with Crippen molar-refractivity contribution in [1.29, 1.82) is 0 Å². The van der Waals surface area contributed by atoms with Crippen molar-refractivity contribution < 1.29 is 4.79 Å². The number of benzene rings is 1. The molecule has 4 rings (SSSR count). The SMILES string of the molecule is CCNC(=O)[C@H]1CCCN(c2nc3c(-c4ccc(C)cc4)csc3c(=O)[nH]2)C1. The monoisotopic (exact) mass is 396 g/mol. The number of aromatic amines is 1. The maximum atomic E-state index is 12.7. The minimum absolute atomic E-state index is 0.0752. The molecule has 2 N–H and O–H groups in total. The summed E-state index contributed by atoms with van der Waals surface area (Å²) >= 11 is 1.42. The summed E-state index contributed by atoms with van der Waals surface area (Å²) in [5.74, 6) is 0.554. The Morgan fingerprint density at radius 2 is 2.14 bits per heavy atom. The Morgan fingerprint density at radius 1 is 1.36 bits per heavy atom. The maximum Gasteiger partial charge on any atom is 0.270 e. The molecule has 1 atom stereocenters. The first kappa shape index (κ1) is 18.7. The zero-order chi connectivity index (χ0) is 19.7. The number of carbonyl (C=O) groups is 1. The number of piperidine rings is 1. The topological polar surface area (TPSA) is 78.1 Å². The van der Waals surface area contributed by atoms with Crippen molar-refractivity contribution in [2.75, 3.05) is 24.5 Å². The molecule has 1 aliphatic rings. The van der Waals surface area contributed by atoms with Gasteiger partial charge in [-0.05, 0) is 32.3 Å². The van der Waals surface area contributed by atoms with Crippen LogP contribution in [0.1, 0.15) is 25.3 Å². The molecular weight excluding hydrogens is 372 g/mol. The average molecular weight is 397 g/mol. The Morgan fingerprint density at radius 3 is 2.89 bits per heavy atom. The Kier molecular flexibility index (Phi) is 5.17. The first-order chi connectivity index (χ1) is 13.6. The van der Waals surface area contributed by atoms with Gasteiger partial charge in [0.15, 0.2) is 0 Å². The molecule has 1 saturated heterocycles. The Labute approximate surface area is 167 Å². The number of fused-ring (bicyclic) bond motifs is 1. The number of nitrogens with zero attached hydrogens (tertiary/aromatic N) is 2. The molecule has 3 aromatic rings. The number of nitrogens with one attached hydrogen (secondary N) is 2. The van der Waals surface area contributed by atoms with Crippen molar-refractivity contribution in [3.63, 3.8) is 0 Å².